The van der Waals surface area contributed by atoms with Crippen molar-refractivity contribution in [2.45, 2.75) is 26.6 Å². The highest BCUT2D eigenvalue weighted by Gasteiger charge is 2.12. The Labute approximate surface area is 153 Å². The van der Waals surface area contributed by atoms with Crippen molar-refractivity contribution in [2.24, 2.45) is 0 Å². The molecule has 132 valence electrons. The van der Waals surface area contributed by atoms with Gasteiger partial charge in [0.05, 0.1) is 13.2 Å². The van der Waals surface area contributed by atoms with E-state index in [9.17, 15) is 0 Å². The van der Waals surface area contributed by atoms with Crippen molar-refractivity contribution in [1.82, 2.24) is 14.7 Å². The lowest BCUT2D eigenvalue weighted by molar-refractivity contribution is 0.140. The molecule has 5 heteroatoms. The summed E-state index contributed by atoms with van der Waals surface area (Å²) in [4.78, 5) is 3.89. The van der Waals surface area contributed by atoms with Crippen molar-refractivity contribution in [3.05, 3.63) is 75.7 Å². The van der Waals surface area contributed by atoms with Crippen LogP contribution < -0.4 is 0 Å². The Morgan fingerprint density at radius 3 is 2.64 bits per heavy atom. The van der Waals surface area contributed by atoms with Crippen LogP contribution in [-0.2, 0) is 24.4 Å². The summed E-state index contributed by atoms with van der Waals surface area (Å²) < 4.78 is 7.30. The molecule has 0 bridgehead atoms. The van der Waals surface area contributed by atoms with E-state index in [0.717, 1.165) is 32.8 Å². The van der Waals surface area contributed by atoms with E-state index in [4.69, 9.17) is 4.74 Å². The van der Waals surface area contributed by atoms with Crippen LogP contribution in [-0.4, -0.2) is 34.9 Å². The summed E-state index contributed by atoms with van der Waals surface area (Å²) in [5, 5.41) is 6.51. The maximum absolute atomic E-state index is 5.32. The first-order valence-electron chi connectivity index (χ1n) is 8.54. The van der Waals surface area contributed by atoms with Gasteiger partial charge in [-0.15, -0.1) is 11.3 Å². The Morgan fingerprint density at radius 2 is 1.96 bits per heavy atom. The van der Waals surface area contributed by atoms with Gasteiger partial charge in [-0.1, -0.05) is 24.3 Å². The molecule has 0 fully saturated rings. The van der Waals surface area contributed by atoms with Crippen LogP contribution in [0.15, 0.2) is 54.2 Å². The van der Waals surface area contributed by atoms with Crippen molar-refractivity contribution < 1.29 is 4.74 Å². The molecule has 0 aliphatic carbocycles. The van der Waals surface area contributed by atoms with E-state index < -0.39 is 0 Å². The SMILES string of the molecule is COCCN(Cc1ccccc1Cn1cccn1)Cc1sccc1C. The van der Waals surface area contributed by atoms with Gasteiger partial charge in [-0.3, -0.25) is 9.58 Å². The van der Waals surface area contributed by atoms with Crippen molar-refractivity contribution in [3.63, 3.8) is 0 Å². The third-order valence-electron chi connectivity index (χ3n) is 4.35. The molecule has 3 aromatic rings. The van der Waals surface area contributed by atoms with Crippen LogP contribution in [0.25, 0.3) is 0 Å². The molecule has 0 N–H and O–H groups in total. The molecule has 0 amide bonds. The standard InChI is InChI=1S/C20H25N3OS/c1-17-8-13-25-20(17)16-22(11-12-24-2)14-18-6-3-4-7-19(18)15-23-10-5-9-21-23/h3-10,13H,11-12,14-16H2,1-2H3. The highest BCUT2D eigenvalue weighted by Crippen LogP contribution is 2.20. The van der Waals surface area contributed by atoms with Crippen LogP contribution in [0.4, 0.5) is 0 Å². The summed E-state index contributed by atoms with van der Waals surface area (Å²) in [6.07, 6.45) is 3.83. The van der Waals surface area contributed by atoms with Gasteiger partial charge in [-0.2, -0.15) is 5.10 Å². The molecule has 4 nitrogen and oxygen atoms in total. The first-order valence-corrected chi connectivity index (χ1v) is 9.42. The molecule has 2 aromatic heterocycles. The van der Waals surface area contributed by atoms with Gasteiger partial charge in [0.1, 0.15) is 0 Å². The zero-order valence-corrected chi connectivity index (χ0v) is 15.7. The number of rotatable bonds is 9. The number of hydrogen-bond acceptors (Lipinski definition) is 4. The highest BCUT2D eigenvalue weighted by molar-refractivity contribution is 7.10. The molecule has 0 spiro atoms. The van der Waals surface area contributed by atoms with Crippen LogP contribution in [0, 0.1) is 6.92 Å². The van der Waals surface area contributed by atoms with Gasteiger partial charge in [0.15, 0.2) is 0 Å². The van der Waals surface area contributed by atoms with Gasteiger partial charge in [0.25, 0.3) is 0 Å². The van der Waals surface area contributed by atoms with Crippen LogP contribution in [0.2, 0.25) is 0 Å². The summed E-state index contributed by atoms with van der Waals surface area (Å²) in [7, 11) is 1.76. The fraction of sp³-hybridized carbons (Fsp3) is 0.350. The molecule has 2 heterocycles. The Bertz CT molecular complexity index is 767. The summed E-state index contributed by atoms with van der Waals surface area (Å²) in [6, 6.07) is 12.8. The minimum Gasteiger partial charge on any atom is -0.383 e. The highest BCUT2D eigenvalue weighted by atomic mass is 32.1. The Kier molecular flexibility index (Phi) is 6.39. The van der Waals surface area contributed by atoms with Crippen LogP contribution in [0.3, 0.4) is 0 Å². The second-order valence-corrected chi connectivity index (χ2v) is 7.20. The smallest absolute Gasteiger partial charge is 0.0662 e. The van der Waals surface area contributed by atoms with Gasteiger partial charge >= 0.3 is 0 Å². The number of thiophene rings is 1. The predicted octanol–water partition coefficient (Wildman–Crippen LogP) is 3.95. The van der Waals surface area contributed by atoms with E-state index in [-0.39, 0.29) is 0 Å². The number of aryl methyl sites for hydroxylation is 1. The van der Waals surface area contributed by atoms with Crippen LogP contribution >= 0.6 is 11.3 Å². The minimum atomic E-state index is 0.742. The zero-order chi connectivity index (χ0) is 17.5. The number of benzene rings is 1. The molecular formula is C20H25N3OS. The third kappa shape index (κ3) is 5.01. The quantitative estimate of drug-likeness (QED) is 0.582. The molecule has 0 saturated carbocycles. The third-order valence-corrected chi connectivity index (χ3v) is 5.36. The lowest BCUT2D eigenvalue weighted by Gasteiger charge is -2.23. The van der Waals surface area contributed by atoms with E-state index >= 15 is 0 Å². The van der Waals surface area contributed by atoms with Gasteiger partial charge in [-0.05, 0) is 41.1 Å². The van der Waals surface area contributed by atoms with E-state index in [2.05, 4.69) is 52.6 Å². The predicted molar refractivity (Wildman–Crippen MR) is 103 cm³/mol. The molecule has 0 aliphatic heterocycles. The molecule has 1 aromatic carbocycles. The maximum Gasteiger partial charge on any atom is 0.0662 e. The van der Waals surface area contributed by atoms with E-state index in [1.54, 1.807) is 7.11 Å². The molecule has 25 heavy (non-hydrogen) atoms. The van der Waals surface area contributed by atoms with E-state index in [1.165, 1.54) is 21.6 Å². The maximum atomic E-state index is 5.32. The van der Waals surface area contributed by atoms with E-state index in [0.29, 0.717) is 0 Å². The van der Waals surface area contributed by atoms with Gasteiger partial charge in [0.2, 0.25) is 0 Å². The monoisotopic (exact) mass is 355 g/mol. The number of aromatic nitrogens is 2. The van der Waals surface area contributed by atoms with Crippen LogP contribution in [0.5, 0.6) is 0 Å². The number of ether oxygens (including phenoxy) is 1. The second-order valence-electron chi connectivity index (χ2n) is 6.20. The molecule has 0 atom stereocenters. The largest absolute Gasteiger partial charge is 0.383 e. The summed E-state index contributed by atoms with van der Waals surface area (Å²) in [6.45, 7) is 6.53. The summed E-state index contributed by atoms with van der Waals surface area (Å²) in [5.74, 6) is 0. The number of nitrogens with zero attached hydrogens (tertiary/aromatic N) is 3. The zero-order valence-electron chi connectivity index (χ0n) is 14.9. The first kappa shape index (κ1) is 17.9. The van der Waals surface area contributed by atoms with Crippen molar-refractivity contribution in [3.8, 4) is 0 Å². The minimum absolute atomic E-state index is 0.742. The Balaban J connectivity index is 1.75. The first-order chi connectivity index (χ1) is 12.3. The van der Waals surface area contributed by atoms with Crippen molar-refractivity contribution >= 4 is 11.3 Å². The average molecular weight is 356 g/mol. The van der Waals surface area contributed by atoms with Crippen molar-refractivity contribution in [1.29, 1.82) is 0 Å². The Hall–Kier alpha value is -1.95. The normalized spacial score (nSPS) is 11.3. The lowest BCUT2D eigenvalue weighted by Crippen LogP contribution is -2.27. The van der Waals surface area contributed by atoms with Crippen LogP contribution in [0.1, 0.15) is 21.6 Å². The van der Waals surface area contributed by atoms with Gasteiger partial charge in [-0.25, -0.2) is 0 Å². The summed E-state index contributed by atoms with van der Waals surface area (Å²) >= 11 is 1.83. The second kappa shape index (κ2) is 8.94. The topological polar surface area (TPSA) is 30.3 Å². The molecular weight excluding hydrogens is 330 g/mol. The molecule has 0 aliphatic rings. The fourth-order valence-corrected chi connectivity index (χ4v) is 3.83. The molecule has 3 rings (SSSR count). The molecule has 0 radical (unpaired) electrons. The van der Waals surface area contributed by atoms with Crippen molar-refractivity contribution in [2.75, 3.05) is 20.3 Å². The van der Waals surface area contributed by atoms with Gasteiger partial charge in [0, 0.05) is 44.0 Å². The fourth-order valence-electron chi connectivity index (χ4n) is 2.88. The molecule has 0 unspecified atom stereocenters. The number of methoxy groups -OCH3 is 1. The van der Waals surface area contributed by atoms with Gasteiger partial charge < -0.3 is 4.74 Å². The molecule has 0 saturated heterocycles. The summed E-state index contributed by atoms with van der Waals surface area (Å²) in [5.41, 5.74) is 4.04. The lowest BCUT2D eigenvalue weighted by atomic mass is 10.1. The number of hydrogen-bond donors (Lipinski definition) is 0. The Morgan fingerprint density at radius 1 is 1.12 bits per heavy atom. The average Bonchev–Trinajstić information content (AvgIpc) is 3.27. The van der Waals surface area contributed by atoms with E-state index in [1.807, 2.05) is 34.5 Å².